The highest BCUT2D eigenvalue weighted by atomic mass is 32.1. The highest BCUT2D eigenvalue weighted by Gasteiger charge is 2.17. The molecule has 0 aliphatic heterocycles. The van der Waals surface area contributed by atoms with Crippen LogP contribution >= 0.6 is 11.3 Å². The Morgan fingerprint density at radius 3 is 2.80 bits per heavy atom. The average molecular weight is 360 g/mol. The molecule has 3 rings (SSSR count). The number of thiazole rings is 1. The van der Waals surface area contributed by atoms with Crippen molar-refractivity contribution >= 4 is 28.3 Å². The normalized spacial score (nSPS) is 14.4. The number of pyridine rings is 1. The number of hydrogen-bond donors (Lipinski definition) is 3. The van der Waals surface area contributed by atoms with Gasteiger partial charge in [-0.2, -0.15) is 0 Å². The van der Waals surface area contributed by atoms with Crippen LogP contribution in [0.2, 0.25) is 0 Å². The lowest BCUT2D eigenvalue weighted by molar-refractivity contribution is -0.121. The van der Waals surface area contributed by atoms with E-state index in [-0.39, 0.29) is 17.4 Å². The number of aryl methyl sites for hydroxylation is 1. The van der Waals surface area contributed by atoms with Gasteiger partial charge in [0.25, 0.3) is 5.91 Å². The number of rotatable bonds is 6. The molecule has 132 valence electrons. The van der Waals surface area contributed by atoms with Gasteiger partial charge in [0.2, 0.25) is 11.5 Å². The molecular weight excluding hydrogens is 340 g/mol. The molecule has 2 aromatic heterocycles. The van der Waals surface area contributed by atoms with Crippen molar-refractivity contribution in [3.05, 3.63) is 45.3 Å². The Hall–Kier alpha value is -2.48. The predicted molar refractivity (Wildman–Crippen MR) is 95.8 cm³/mol. The molecule has 2 amide bonds. The number of anilines is 1. The topological polar surface area (TPSA) is 104 Å². The number of H-pyrrole nitrogens is 1. The van der Waals surface area contributed by atoms with Gasteiger partial charge in [0, 0.05) is 30.1 Å². The summed E-state index contributed by atoms with van der Waals surface area (Å²) in [7, 11) is 0. The summed E-state index contributed by atoms with van der Waals surface area (Å²) in [5, 5.41) is 8.06. The molecule has 8 heteroatoms. The first-order valence-corrected chi connectivity index (χ1v) is 9.22. The van der Waals surface area contributed by atoms with Gasteiger partial charge in [0.15, 0.2) is 5.13 Å². The predicted octanol–water partition coefficient (Wildman–Crippen LogP) is 2.08. The Morgan fingerprint density at radius 1 is 1.28 bits per heavy atom. The number of amides is 2. The lowest BCUT2D eigenvalue weighted by atomic mass is 10.2. The molecule has 1 saturated carbocycles. The van der Waals surface area contributed by atoms with E-state index >= 15 is 0 Å². The molecule has 25 heavy (non-hydrogen) atoms. The van der Waals surface area contributed by atoms with E-state index in [1.807, 2.05) is 5.38 Å². The summed E-state index contributed by atoms with van der Waals surface area (Å²) < 4.78 is 0. The molecule has 2 heterocycles. The molecule has 0 aromatic carbocycles. The zero-order valence-electron chi connectivity index (χ0n) is 13.7. The van der Waals surface area contributed by atoms with Crippen molar-refractivity contribution in [1.29, 1.82) is 0 Å². The minimum atomic E-state index is -0.337. The van der Waals surface area contributed by atoms with Crippen LogP contribution in [0, 0.1) is 0 Å². The summed E-state index contributed by atoms with van der Waals surface area (Å²) in [5.74, 6) is -0.283. The lowest BCUT2D eigenvalue weighted by Crippen LogP contribution is -2.32. The van der Waals surface area contributed by atoms with Gasteiger partial charge in [-0.15, -0.1) is 11.3 Å². The molecule has 1 aliphatic carbocycles. The Morgan fingerprint density at radius 2 is 2.08 bits per heavy atom. The van der Waals surface area contributed by atoms with E-state index in [2.05, 4.69) is 20.6 Å². The lowest BCUT2D eigenvalue weighted by Gasteiger charge is -2.11. The zero-order valence-corrected chi connectivity index (χ0v) is 14.5. The van der Waals surface area contributed by atoms with Crippen LogP contribution in [-0.2, 0) is 11.2 Å². The molecule has 0 atom stereocenters. The second-order valence-corrected chi connectivity index (χ2v) is 6.95. The summed E-state index contributed by atoms with van der Waals surface area (Å²) >= 11 is 1.31. The highest BCUT2D eigenvalue weighted by molar-refractivity contribution is 7.14. The van der Waals surface area contributed by atoms with Gasteiger partial charge in [-0.25, -0.2) is 4.98 Å². The largest absolute Gasteiger partial charge is 0.353 e. The van der Waals surface area contributed by atoms with Crippen molar-refractivity contribution in [3.63, 3.8) is 0 Å². The van der Waals surface area contributed by atoms with Crippen LogP contribution in [0.25, 0.3) is 0 Å². The second kappa shape index (κ2) is 8.06. The minimum Gasteiger partial charge on any atom is -0.353 e. The molecule has 0 spiro atoms. The van der Waals surface area contributed by atoms with Gasteiger partial charge in [-0.1, -0.05) is 12.8 Å². The standard InChI is InChI=1S/C17H20N4O3S/c22-14-7-5-11(9-18-14)16(24)21-17-20-13(10-25-17)6-8-15(23)19-12-3-1-2-4-12/h5,7,9-10,12H,1-4,6,8H2,(H,18,22)(H,19,23)(H,20,21,24). The third-order valence-electron chi connectivity index (χ3n) is 4.15. The summed E-state index contributed by atoms with van der Waals surface area (Å²) in [6, 6.07) is 3.08. The quantitative estimate of drug-likeness (QED) is 0.733. The monoisotopic (exact) mass is 360 g/mol. The molecular formula is C17H20N4O3S. The molecule has 1 fully saturated rings. The van der Waals surface area contributed by atoms with Crippen molar-refractivity contribution < 1.29 is 9.59 Å². The van der Waals surface area contributed by atoms with Gasteiger partial charge < -0.3 is 10.3 Å². The van der Waals surface area contributed by atoms with Gasteiger partial charge >= 0.3 is 0 Å². The fraction of sp³-hybridized carbons (Fsp3) is 0.412. The van der Waals surface area contributed by atoms with Crippen LogP contribution in [-0.4, -0.2) is 27.8 Å². The first kappa shape index (κ1) is 17.3. The first-order valence-electron chi connectivity index (χ1n) is 8.34. The van der Waals surface area contributed by atoms with Crippen molar-refractivity contribution in [2.24, 2.45) is 0 Å². The van der Waals surface area contributed by atoms with Crippen LogP contribution in [0.3, 0.4) is 0 Å². The number of hydrogen-bond acceptors (Lipinski definition) is 5. The van der Waals surface area contributed by atoms with E-state index < -0.39 is 0 Å². The third kappa shape index (κ3) is 4.99. The van der Waals surface area contributed by atoms with Gasteiger partial charge in [0.1, 0.15) is 0 Å². The molecule has 1 aliphatic rings. The SMILES string of the molecule is O=C(CCc1csc(NC(=O)c2ccc(=O)[nH]c2)n1)NC1CCCC1. The fourth-order valence-corrected chi connectivity index (χ4v) is 3.55. The van der Waals surface area contributed by atoms with Crippen LogP contribution in [0.4, 0.5) is 5.13 Å². The summed E-state index contributed by atoms with van der Waals surface area (Å²) in [6.07, 6.45) is 6.83. The smallest absolute Gasteiger partial charge is 0.258 e. The number of carbonyl (C=O) groups excluding carboxylic acids is 2. The second-order valence-electron chi connectivity index (χ2n) is 6.09. The van der Waals surface area contributed by atoms with E-state index in [1.165, 1.54) is 42.5 Å². The summed E-state index contributed by atoms with van der Waals surface area (Å²) in [5.41, 5.74) is 0.875. The molecule has 0 bridgehead atoms. The maximum atomic E-state index is 12.1. The maximum Gasteiger partial charge on any atom is 0.258 e. The zero-order chi connectivity index (χ0) is 17.6. The highest BCUT2D eigenvalue weighted by Crippen LogP contribution is 2.19. The molecule has 0 radical (unpaired) electrons. The van der Waals surface area contributed by atoms with Gasteiger partial charge in [-0.05, 0) is 25.3 Å². The van der Waals surface area contributed by atoms with Gasteiger partial charge in [-0.3, -0.25) is 19.7 Å². The van der Waals surface area contributed by atoms with Crippen LogP contribution in [0.15, 0.2) is 28.5 Å². The number of carbonyl (C=O) groups is 2. The van der Waals surface area contributed by atoms with E-state index in [0.717, 1.165) is 18.5 Å². The first-order chi connectivity index (χ1) is 12.1. The summed E-state index contributed by atoms with van der Waals surface area (Å²) in [6.45, 7) is 0. The van der Waals surface area contributed by atoms with Crippen LogP contribution < -0.4 is 16.2 Å². The van der Waals surface area contributed by atoms with Crippen molar-refractivity contribution in [1.82, 2.24) is 15.3 Å². The number of nitrogens with one attached hydrogen (secondary N) is 3. The molecule has 3 N–H and O–H groups in total. The average Bonchev–Trinajstić information content (AvgIpc) is 3.25. The maximum absolute atomic E-state index is 12.1. The van der Waals surface area contributed by atoms with Crippen molar-refractivity contribution in [3.8, 4) is 0 Å². The van der Waals surface area contributed by atoms with Crippen molar-refractivity contribution in [2.45, 2.75) is 44.6 Å². The van der Waals surface area contributed by atoms with Crippen LogP contribution in [0.1, 0.15) is 48.2 Å². The van der Waals surface area contributed by atoms with Gasteiger partial charge in [0.05, 0.1) is 11.3 Å². The third-order valence-corrected chi connectivity index (χ3v) is 4.95. The summed E-state index contributed by atoms with van der Waals surface area (Å²) in [4.78, 5) is 41.8. The molecule has 0 unspecified atom stereocenters. The van der Waals surface area contributed by atoms with E-state index in [1.54, 1.807) is 0 Å². The number of aromatic nitrogens is 2. The van der Waals surface area contributed by atoms with E-state index in [4.69, 9.17) is 0 Å². The fourth-order valence-electron chi connectivity index (χ4n) is 2.81. The van der Waals surface area contributed by atoms with Crippen molar-refractivity contribution in [2.75, 3.05) is 5.32 Å². The molecule has 2 aromatic rings. The van der Waals surface area contributed by atoms with Crippen LogP contribution in [0.5, 0.6) is 0 Å². The molecule has 7 nitrogen and oxygen atoms in total. The Bertz CT molecular complexity index is 788. The number of nitrogens with zero attached hydrogens (tertiary/aromatic N) is 1. The molecule has 0 saturated heterocycles. The number of aromatic amines is 1. The minimum absolute atomic E-state index is 0.0544. The Labute approximate surface area is 148 Å². The Balaban J connectivity index is 1.48. The van der Waals surface area contributed by atoms with E-state index in [9.17, 15) is 14.4 Å². The van der Waals surface area contributed by atoms with E-state index in [0.29, 0.717) is 29.6 Å². The Kier molecular flexibility index (Phi) is 5.60.